The number of carbonyl (C=O) groups is 2. The molecule has 5 nitrogen and oxygen atoms in total. The lowest BCUT2D eigenvalue weighted by atomic mass is 10.2. The summed E-state index contributed by atoms with van der Waals surface area (Å²) >= 11 is 0. The molecule has 0 aliphatic heterocycles. The van der Waals surface area contributed by atoms with Gasteiger partial charge < -0.3 is 15.0 Å². The molecule has 0 fully saturated rings. The number of amides is 1. The van der Waals surface area contributed by atoms with Crippen molar-refractivity contribution in [3.05, 3.63) is 36.0 Å². The fraction of sp³-hybridized carbons (Fsp3) is 0.286. The number of nitrogens with zero attached hydrogens (tertiary/aromatic N) is 1. The van der Waals surface area contributed by atoms with Gasteiger partial charge in [-0.3, -0.25) is 9.59 Å². The molecule has 2 N–H and O–H groups in total. The average molecular weight is 260 g/mol. The minimum absolute atomic E-state index is 0.0737. The second kappa shape index (κ2) is 5.56. The lowest BCUT2D eigenvalue weighted by Gasteiger charge is -2.15. The van der Waals surface area contributed by atoms with E-state index in [2.05, 4.69) is 4.98 Å². The number of aliphatic carboxylic acids is 1. The fourth-order valence-electron chi connectivity index (χ4n) is 1.96. The molecule has 1 aromatic carbocycles. The minimum Gasteiger partial charge on any atom is -0.481 e. The predicted octanol–water partition coefficient (Wildman–Crippen LogP) is 2.10. The normalized spacial score (nSPS) is 10.6. The summed E-state index contributed by atoms with van der Waals surface area (Å²) < 4.78 is 0. The lowest BCUT2D eigenvalue weighted by Crippen LogP contribution is -2.28. The molecule has 19 heavy (non-hydrogen) atoms. The summed E-state index contributed by atoms with van der Waals surface area (Å²) in [5, 5.41) is 9.56. The Labute approximate surface area is 110 Å². The summed E-state index contributed by atoms with van der Waals surface area (Å²) in [6.07, 6.45) is 0.530. The lowest BCUT2D eigenvalue weighted by molar-refractivity contribution is -0.137. The molecular formula is C14H16N2O3. The van der Waals surface area contributed by atoms with Crippen molar-refractivity contribution in [3.8, 4) is 0 Å². The van der Waals surface area contributed by atoms with Gasteiger partial charge in [0.1, 0.15) is 5.69 Å². The van der Waals surface area contributed by atoms with Gasteiger partial charge in [-0.2, -0.15) is 0 Å². The number of nitrogens with one attached hydrogen (secondary N) is 1. The first-order valence-corrected chi connectivity index (χ1v) is 6.13. The maximum Gasteiger partial charge on any atom is 0.303 e. The first kappa shape index (κ1) is 13.1. The van der Waals surface area contributed by atoms with Gasteiger partial charge >= 0.3 is 5.97 Å². The first-order chi connectivity index (χ1) is 9.08. The summed E-state index contributed by atoms with van der Waals surface area (Å²) in [4.78, 5) is 27.2. The molecule has 0 radical (unpaired) electrons. The van der Waals surface area contributed by atoms with E-state index in [0.29, 0.717) is 18.7 Å². The van der Waals surface area contributed by atoms with E-state index < -0.39 is 5.97 Å². The van der Waals surface area contributed by atoms with E-state index in [-0.39, 0.29) is 12.3 Å². The van der Waals surface area contributed by atoms with Crippen molar-refractivity contribution in [2.24, 2.45) is 0 Å². The summed E-state index contributed by atoms with van der Waals surface area (Å²) in [6, 6.07) is 9.49. The zero-order valence-corrected chi connectivity index (χ0v) is 10.7. The molecule has 0 saturated carbocycles. The van der Waals surface area contributed by atoms with Gasteiger partial charge in [-0.1, -0.05) is 18.2 Å². The summed E-state index contributed by atoms with van der Waals surface area (Å²) in [7, 11) is 1.68. The first-order valence-electron chi connectivity index (χ1n) is 6.13. The van der Waals surface area contributed by atoms with Crippen LogP contribution in [0.2, 0.25) is 0 Å². The molecular weight excluding hydrogens is 244 g/mol. The number of carboxylic acid groups (broad SMARTS) is 1. The quantitative estimate of drug-likeness (QED) is 0.864. The van der Waals surface area contributed by atoms with Gasteiger partial charge in [-0.25, -0.2) is 0 Å². The van der Waals surface area contributed by atoms with Crippen LogP contribution >= 0.6 is 0 Å². The molecule has 5 heteroatoms. The Morgan fingerprint density at radius 2 is 2.05 bits per heavy atom. The van der Waals surface area contributed by atoms with Crippen LogP contribution in [0, 0.1) is 0 Å². The number of hydrogen-bond acceptors (Lipinski definition) is 2. The van der Waals surface area contributed by atoms with Crippen LogP contribution in [0.15, 0.2) is 30.3 Å². The molecule has 0 aliphatic carbocycles. The van der Waals surface area contributed by atoms with E-state index in [0.717, 1.165) is 10.9 Å². The standard InChI is InChI=1S/C14H16N2O3/c1-16(8-4-7-13(17)18)14(19)12-9-10-5-2-3-6-11(10)15-12/h2-3,5-6,9,15H,4,7-8H2,1H3,(H,17,18). The fourth-order valence-corrected chi connectivity index (χ4v) is 1.96. The maximum absolute atomic E-state index is 12.1. The zero-order chi connectivity index (χ0) is 13.8. The van der Waals surface area contributed by atoms with E-state index in [1.165, 1.54) is 4.90 Å². The Kier molecular flexibility index (Phi) is 3.85. The molecule has 0 unspecified atom stereocenters. The van der Waals surface area contributed by atoms with E-state index >= 15 is 0 Å². The maximum atomic E-state index is 12.1. The van der Waals surface area contributed by atoms with Gasteiger partial charge in [0.25, 0.3) is 5.91 Å². The van der Waals surface area contributed by atoms with Crippen molar-refractivity contribution in [1.82, 2.24) is 9.88 Å². The molecule has 2 aromatic rings. The summed E-state index contributed by atoms with van der Waals surface area (Å²) in [5.74, 6) is -0.965. The highest BCUT2D eigenvalue weighted by Gasteiger charge is 2.14. The number of carboxylic acids is 1. The second-order valence-electron chi connectivity index (χ2n) is 4.49. The topological polar surface area (TPSA) is 73.4 Å². The van der Waals surface area contributed by atoms with E-state index in [9.17, 15) is 9.59 Å². The number of fused-ring (bicyclic) bond motifs is 1. The van der Waals surface area contributed by atoms with E-state index in [1.807, 2.05) is 30.3 Å². The molecule has 0 atom stereocenters. The molecule has 0 saturated heterocycles. The molecule has 1 heterocycles. The van der Waals surface area contributed by atoms with Crippen molar-refractivity contribution in [1.29, 1.82) is 0 Å². The highest BCUT2D eigenvalue weighted by molar-refractivity contribution is 5.97. The number of hydrogen-bond donors (Lipinski definition) is 2. The van der Waals surface area contributed by atoms with Crippen LogP contribution in [-0.4, -0.2) is 40.5 Å². The number of aromatic amines is 1. The third-order valence-corrected chi connectivity index (χ3v) is 2.99. The van der Waals surface area contributed by atoms with Crippen LogP contribution in [0.4, 0.5) is 0 Å². The van der Waals surface area contributed by atoms with Gasteiger partial charge in [0.05, 0.1) is 0 Å². The Bertz CT molecular complexity index is 571. The van der Waals surface area contributed by atoms with Gasteiger partial charge in [0, 0.05) is 30.9 Å². The van der Waals surface area contributed by atoms with Gasteiger partial charge in [0.2, 0.25) is 0 Å². The third kappa shape index (κ3) is 3.13. The van der Waals surface area contributed by atoms with Crippen LogP contribution in [0.25, 0.3) is 10.9 Å². The zero-order valence-electron chi connectivity index (χ0n) is 10.7. The smallest absolute Gasteiger partial charge is 0.303 e. The van der Waals surface area contributed by atoms with Crippen molar-refractivity contribution in [3.63, 3.8) is 0 Å². The van der Waals surface area contributed by atoms with E-state index in [1.54, 1.807) is 7.05 Å². The number of benzene rings is 1. The third-order valence-electron chi connectivity index (χ3n) is 2.99. The molecule has 1 aromatic heterocycles. The highest BCUT2D eigenvalue weighted by atomic mass is 16.4. The second-order valence-corrected chi connectivity index (χ2v) is 4.49. The number of para-hydroxylation sites is 1. The number of rotatable bonds is 5. The van der Waals surface area contributed by atoms with Crippen LogP contribution in [0.3, 0.4) is 0 Å². The molecule has 0 spiro atoms. The molecule has 2 rings (SSSR count). The molecule has 1 amide bonds. The summed E-state index contributed by atoms with van der Waals surface area (Å²) in [5.41, 5.74) is 1.45. The van der Waals surface area contributed by atoms with Crippen LogP contribution in [0.1, 0.15) is 23.3 Å². The highest BCUT2D eigenvalue weighted by Crippen LogP contribution is 2.15. The van der Waals surface area contributed by atoms with Crippen molar-refractivity contribution in [2.45, 2.75) is 12.8 Å². The molecule has 100 valence electrons. The number of H-pyrrole nitrogens is 1. The van der Waals surface area contributed by atoms with Gasteiger partial charge in [-0.05, 0) is 18.6 Å². The molecule has 0 bridgehead atoms. The Morgan fingerprint density at radius 1 is 1.32 bits per heavy atom. The number of aromatic nitrogens is 1. The van der Waals surface area contributed by atoms with Crippen LogP contribution in [-0.2, 0) is 4.79 Å². The largest absolute Gasteiger partial charge is 0.481 e. The van der Waals surface area contributed by atoms with Crippen molar-refractivity contribution in [2.75, 3.05) is 13.6 Å². The summed E-state index contributed by atoms with van der Waals surface area (Å²) in [6.45, 7) is 0.431. The van der Waals surface area contributed by atoms with Gasteiger partial charge in [0.15, 0.2) is 0 Å². The SMILES string of the molecule is CN(CCCC(=O)O)C(=O)c1cc2ccccc2[nH]1. The minimum atomic E-state index is -0.841. The van der Waals surface area contributed by atoms with Crippen LogP contribution in [0.5, 0.6) is 0 Å². The Morgan fingerprint density at radius 3 is 2.74 bits per heavy atom. The molecule has 0 aliphatic rings. The van der Waals surface area contributed by atoms with Crippen LogP contribution < -0.4 is 0 Å². The number of carbonyl (C=O) groups excluding carboxylic acids is 1. The van der Waals surface area contributed by atoms with E-state index in [4.69, 9.17) is 5.11 Å². The van der Waals surface area contributed by atoms with Crippen molar-refractivity contribution >= 4 is 22.8 Å². The average Bonchev–Trinajstić information content (AvgIpc) is 2.80. The monoisotopic (exact) mass is 260 g/mol. The van der Waals surface area contributed by atoms with Crippen molar-refractivity contribution < 1.29 is 14.7 Å². The Hall–Kier alpha value is -2.30. The Balaban J connectivity index is 2.04. The predicted molar refractivity (Wildman–Crippen MR) is 72.1 cm³/mol. The van der Waals surface area contributed by atoms with Gasteiger partial charge in [-0.15, -0.1) is 0 Å².